The minimum atomic E-state index is -1.60. The predicted octanol–water partition coefficient (Wildman–Crippen LogP) is 8.10. The van der Waals surface area contributed by atoms with Gasteiger partial charge in [-0.15, -0.1) is 0 Å². The van der Waals surface area contributed by atoms with Gasteiger partial charge in [-0.2, -0.15) is 0 Å². The van der Waals surface area contributed by atoms with Crippen LogP contribution in [0.15, 0.2) is 48.6 Å². The molecule has 0 aromatic carbocycles. The van der Waals surface area contributed by atoms with Crippen molar-refractivity contribution in [3.63, 3.8) is 0 Å². The fraction of sp³-hybridized carbons (Fsp3) is 0.767. The first kappa shape index (κ1) is 48.7. The zero-order valence-corrected chi connectivity index (χ0v) is 33.0. The van der Waals surface area contributed by atoms with Gasteiger partial charge in [0.2, 0.25) is 0 Å². The van der Waals surface area contributed by atoms with Crippen molar-refractivity contribution < 1.29 is 49.0 Å². The number of aliphatic hydroxyl groups excluding tert-OH is 4. The summed E-state index contributed by atoms with van der Waals surface area (Å²) in [5, 5.41) is 40.0. The van der Waals surface area contributed by atoms with E-state index in [0.717, 1.165) is 89.9 Å². The van der Waals surface area contributed by atoms with Crippen LogP contribution in [0.5, 0.6) is 0 Å². The number of ether oxygens (including phenoxy) is 4. The van der Waals surface area contributed by atoms with E-state index in [0.29, 0.717) is 12.8 Å². The lowest BCUT2D eigenvalue weighted by Crippen LogP contribution is -2.59. The molecule has 6 atom stereocenters. The summed E-state index contributed by atoms with van der Waals surface area (Å²) >= 11 is 0. The molecule has 4 unspecified atom stereocenters. The monoisotopic (exact) mass is 751 g/mol. The molecule has 1 fully saturated rings. The average molecular weight is 751 g/mol. The van der Waals surface area contributed by atoms with Crippen molar-refractivity contribution in [1.29, 1.82) is 0 Å². The van der Waals surface area contributed by atoms with Gasteiger partial charge in [0.25, 0.3) is 0 Å². The quantitative estimate of drug-likeness (QED) is 0.0294. The van der Waals surface area contributed by atoms with Crippen LogP contribution in [0.1, 0.15) is 155 Å². The molecule has 0 amide bonds. The Labute approximate surface area is 320 Å². The van der Waals surface area contributed by atoms with E-state index in [2.05, 4.69) is 62.5 Å². The Morgan fingerprint density at radius 1 is 0.604 bits per heavy atom. The molecule has 10 nitrogen and oxygen atoms in total. The molecular weight excluding hydrogens is 676 g/mol. The molecule has 1 aliphatic heterocycles. The molecule has 1 heterocycles. The summed E-state index contributed by atoms with van der Waals surface area (Å²) < 4.78 is 22.1. The van der Waals surface area contributed by atoms with Crippen molar-refractivity contribution in [3.8, 4) is 0 Å². The molecule has 0 aliphatic carbocycles. The van der Waals surface area contributed by atoms with Crippen molar-refractivity contribution in [3.05, 3.63) is 48.6 Å². The first-order chi connectivity index (χ1) is 25.8. The molecule has 0 saturated carbocycles. The summed E-state index contributed by atoms with van der Waals surface area (Å²) in [5.74, 6) is -0.841. The van der Waals surface area contributed by atoms with Crippen LogP contribution in [0, 0.1) is 0 Å². The Balaban J connectivity index is 2.39. The molecule has 306 valence electrons. The van der Waals surface area contributed by atoms with Crippen LogP contribution in [0.4, 0.5) is 0 Å². The summed E-state index contributed by atoms with van der Waals surface area (Å²) in [6.07, 6.45) is 31.2. The van der Waals surface area contributed by atoms with Gasteiger partial charge in [0, 0.05) is 12.8 Å². The lowest BCUT2D eigenvalue weighted by Gasteiger charge is -2.39. The van der Waals surface area contributed by atoms with Crippen LogP contribution in [0.2, 0.25) is 0 Å². The van der Waals surface area contributed by atoms with E-state index in [-0.39, 0.29) is 26.1 Å². The molecule has 0 spiro atoms. The minimum Gasteiger partial charge on any atom is -0.462 e. The van der Waals surface area contributed by atoms with Gasteiger partial charge >= 0.3 is 11.9 Å². The van der Waals surface area contributed by atoms with E-state index in [4.69, 9.17) is 18.9 Å². The van der Waals surface area contributed by atoms with Crippen LogP contribution in [0.25, 0.3) is 0 Å². The third-order valence-corrected chi connectivity index (χ3v) is 9.20. The number of rotatable bonds is 33. The summed E-state index contributed by atoms with van der Waals surface area (Å²) in [4.78, 5) is 25.2. The predicted molar refractivity (Wildman–Crippen MR) is 210 cm³/mol. The molecule has 0 bridgehead atoms. The SMILES string of the molecule is CC/C=C\C/C=C\C/C=C\CCCCCCCC(=O)OCC(CO[C@@H]1OC(CO)[C@H](O)C(O)C1O)OC(=O)CCCCCCC/C=C\CCCCCC. The van der Waals surface area contributed by atoms with E-state index in [1.165, 1.54) is 25.7 Å². The molecule has 10 heteroatoms. The molecular formula is C43H74O10. The van der Waals surface area contributed by atoms with Crippen LogP contribution in [-0.4, -0.2) is 89.0 Å². The third kappa shape index (κ3) is 26.2. The van der Waals surface area contributed by atoms with Crippen LogP contribution < -0.4 is 0 Å². The fourth-order valence-electron chi connectivity index (χ4n) is 5.90. The summed E-state index contributed by atoms with van der Waals surface area (Å²) in [7, 11) is 0. The molecule has 0 aromatic rings. The second-order valence-electron chi connectivity index (χ2n) is 14.1. The summed E-state index contributed by atoms with van der Waals surface area (Å²) in [6.45, 7) is 3.25. The lowest BCUT2D eigenvalue weighted by molar-refractivity contribution is -0.305. The van der Waals surface area contributed by atoms with Crippen molar-refractivity contribution in [2.75, 3.05) is 19.8 Å². The van der Waals surface area contributed by atoms with Crippen LogP contribution >= 0.6 is 0 Å². The van der Waals surface area contributed by atoms with Crippen molar-refractivity contribution >= 4 is 11.9 Å². The topological polar surface area (TPSA) is 152 Å². The second kappa shape index (κ2) is 34.2. The Kier molecular flexibility index (Phi) is 31.4. The molecule has 1 rings (SSSR count). The standard InChI is InChI=1S/C43H74O10/c1-3-5-7-9-11-13-15-17-18-20-21-23-25-27-29-31-38(45)50-34-36(35-51-43-42(49)41(48)40(47)37(33-44)53-43)52-39(46)32-30-28-26-24-22-19-16-14-12-10-8-6-4-2/h5,7,11,13-14,16-18,36-37,40-44,47-49H,3-4,6,8-10,12,15,19-35H2,1-2H3/b7-5-,13-11-,16-14-,18-17-/t36?,37?,40-,41?,42?,43+/m0/s1. The number of aliphatic hydroxyl groups is 4. The van der Waals surface area contributed by atoms with Gasteiger partial charge in [0.05, 0.1) is 13.2 Å². The van der Waals surface area contributed by atoms with Crippen molar-refractivity contribution in [2.45, 2.75) is 192 Å². The zero-order valence-electron chi connectivity index (χ0n) is 33.0. The second-order valence-corrected chi connectivity index (χ2v) is 14.1. The van der Waals surface area contributed by atoms with E-state index in [9.17, 15) is 30.0 Å². The van der Waals surface area contributed by atoms with Gasteiger partial charge in [0.15, 0.2) is 12.4 Å². The van der Waals surface area contributed by atoms with Gasteiger partial charge in [-0.05, 0) is 70.6 Å². The van der Waals surface area contributed by atoms with Gasteiger partial charge in [-0.1, -0.05) is 120 Å². The van der Waals surface area contributed by atoms with E-state index < -0.39 is 55.4 Å². The Morgan fingerprint density at radius 3 is 1.70 bits per heavy atom. The molecule has 1 aliphatic rings. The van der Waals surface area contributed by atoms with Crippen LogP contribution in [-0.2, 0) is 28.5 Å². The number of hydrogen-bond acceptors (Lipinski definition) is 10. The maximum absolute atomic E-state index is 12.7. The maximum atomic E-state index is 12.7. The number of carbonyl (C=O) groups excluding carboxylic acids is 2. The van der Waals surface area contributed by atoms with Gasteiger partial charge in [-0.3, -0.25) is 9.59 Å². The smallest absolute Gasteiger partial charge is 0.306 e. The van der Waals surface area contributed by atoms with Gasteiger partial charge in [-0.25, -0.2) is 0 Å². The number of allylic oxidation sites excluding steroid dienone is 8. The van der Waals surface area contributed by atoms with Gasteiger partial charge in [0.1, 0.15) is 31.0 Å². The molecule has 4 N–H and O–H groups in total. The molecule has 53 heavy (non-hydrogen) atoms. The van der Waals surface area contributed by atoms with E-state index in [1.54, 1.807) is 0 Å². The first-order valence-electron chi connectivity index (χ1n) is 20.7. The Hall–Kier alpha value is -2.34. The van der Waals surface area contributed by atoms with E-state index in [1.807, 2.05) is 0 Å². The number of hydrogen-bond donors (Lipinski definition) is 4. The third-order valence-electron chi connectivity index (χ3n) is 9.20. The Morgan fingerprint density at radius 2 is 1.11 bits per heavy atom. The first-order valence-corrected chi connectivity index (χ1v) is 20.7. The van der Waals surface area contributed by atoms with Crippen LogP contribution in [0.3, 0.4) is 0 Å². The fourth-order valence-corrected chi connectivity index (χ4v) is 5.90. The van der Waals surface area contributed by atoms with E-state index >= 15 is 0 Å². The van der Waals surface area contributed by atoms with Crippen molar-refractivity contribution in [1.82, 2.24) is 0 Å². The number of carbonyl (C=O) groups is 2. The highest BCUT2D eigenvalue weighted by atomic mass is 16.7. The summed E-state index contributed by atoms with van der Waals surface area (Å²) in [5.41, 5.74) is 0. The normalized spacial score (nSPS) is 21.4. The highest BCUT2D eigenvalue weighted by molar-refractivity contribution is 5.70. The lowest BCUT2D eigenvalue weighted by atomic mass is 9.99. The van der Waals surface area contributed by atoms with Gasteiger partial charge < -0.3 is 39.4 Å². The summed E-state index contributed by atoms with van der Waals surface area (Å²) in [6, 6.07) is 0. The minimum absolute atomic E-state index is 0.214. The highest BCUT2D eigenvalue weighted by Gasteiger charge is 2.44. The largest absolute Gasteiger partial charge is 0.462 e. The van der Waals surface area contributed by atoms with Crippen molar-refractivity contribution in [2.24, 2.45) is 0 Å². The highest BCUT2D eigenvalue weighted by Crippen LogP contribution is 2.22. The average Bonchev–Trinajstić information content (AvgIpc) is 3.15. The zero-order chi connectivity index (χ0) is 38.8. The maximum Gasteiger partial charge on any atom is 0.306 e. The number of unbranched alkanes of at least 4 members (excludes halogenated alkanes) is 14. The number of esters is 2. The molecule has 1 saturated heterocycles. The molecule has 0 aromatic heterocycles. The molecule has 0 radical (unpaired) electrons. The Bertz CT molecular complexity index is 1010.